The third-order valence-electron chi connectivity index (χ3n) is 2.92. The molecule has 0 amide bonds. The Morgan fingerprint density at radius 1 is 1.69 bits per heavy atom. The van der Waals surface area contributed by atoms with Crippen molar-refractivity contribution in [2.24, 2.45) is 11.8 Å². The Morgan fingerprint density at radius 2 is 2.31 bits per heavy atom. The highest BCUT2D eigenvalue weighted by Crippen LogP contribution is 2.31. The van der Waals surface area contributed by atoms with Gasteiger partial charge in [-0.1, -0.05) is 13.8 Å². The van der Waals surface area contributed by atoms with Crippen LogP contribution in [0.15, 0.2) is 0 Å². The highest BCUT2D eigenvalue weighted by molar-refractivity contribution is 8.00. The van der Waals surface area contributed by atoms with Crippen LogP contribution < -0.4 is 0 Å². The van der Waals surface area contributed by atoms with Gasteiger partial charge in [0.2, 0.25) is 0 Å². The standard InChI is InChI=1S/C10H18O2S/c1-7(2)10(3,12)4-8-5-13-6-9(8)11/h7-8,12H,4-6H2,1-3H3. The molecule has 0 aromatic heterocycles. The number of rotatable bonds is 3. The van der Waals surface area contributed by atoms with Crippen LogP contribution in [0.25, 0.3) is 0 Å². The van der Waals surface area contributed by atoms with E-state index in [-0.39, 0.29) is 11.8 Å². The number of hydrogen-bond donors (Lipinski definition) is 1. The third-order valence-corrected chi connectivity index (χ3v) is 4.05. The predicted molar refractivity (Wildman–Crippen MR) is 55.9 cm³/mol. The van der Waals surface area contributed by atoms with Gasteiger partial charge in [0.25, 0.3) is 0 Å². The monoisotopic (exact) mass is 202 g/mol. The number of Topliss-reactive ketones (excluding diaryl/α,β-unsaturated/α-hetero) is 1. The lowest BCUT2D eigenvalue weighted by atomic mass is 9.83. The average Bonchev–Trinajstić information content (AvgIpc) is 2.35. The van der Waals surface area contributed by atoms with Crippen LogP contribution in [0, 0.1) is 11.8 Å². The zero-order chi connectivity index (χ0) is 10.1. The van der Waals surface area contributed by atoms with E-state index in [1.165, 1.54) is 0 Å². The molecule has 1 aliphatic rings. The quantitative estimate of drug-likeness (QED) is 0.757. The second-order valence-electron chi connectivity index (χ2n) is 4.39. The molecule has 1 aliphatic heterocycles. The maximum absolute atomic E-state index is 11.3. The van der Waals surface area contributed by atoms with Gasteiger partial charge in [-0.25, -0.2) is 0 Å². The molecule has 0 saturated carbocycles. The summed E-state index contributed by atoms with van der Waals surface area (Å²) in [6.45, 7) is 5.81. The molecule has 76 valence electrons. The van der Waals surface area contributed by atoms with Crippen LogP contribution in [-0.4, -0.2) is 28.0 Å². The summed E-state index contributed by atoms with van der Waals surface area (Å²) in [6.07, 6.45) is 0.622. The van der Waals surface area contributed by atoms with E-state index in [0.717, 1.165) is 5.75 Å². The minimum Gasteiger partial charge on any atom is -0.390 e. The van der Waals surface area contributed by atoms with Gasteiger partial charge in [-0.05, 0) is 19.3 Å². The molecule has 0 radical (unpaired) electrons. The number of hydrogen-bond acceptors (Lipinski definition) is 3. The Morgan fingerprint density at radius 3 is 2.69 bits per heavy atom. The van der Waals surface area contributed by atoms with Gasteiger partial charge < -0.3 is 5.11 Å². The molecule has 13 heavy (non-hydrogen) atoms. The summed E-state index contributed by atoms with van der Waals surface area (Å²) < 4.78 is 0. The van der Waals surface area contributed by atoms with Crippen molar-refractivity contribution in [2.75, 3.05) is 11.5 Å². The topological polar surface area (TPSA) is 37.3 Å². The van der Waals surface area contributed by atoms with Crippen LogP contribution in [-0.2, 0) is 4.79 Å². The van der Waals surface area contributed by atoms with E-state index in [1.54, 1.807) is 11.8 Å². The molecule has 0 bridgehead atoms. The zero-order valence-corrected chi connectivity index (χ0v) is 9.36. The van der Waals surface area contributed by atoms with Crippen LogP contribution in [0.5, 0.6) is 0 Å². The van der Waals surface area contributed by atoms with E-state index in [0.29, 0.717) is 18.0 Å². The van der Waals surface area contributed by atoms with E-state index in [9.17, 15) is 9.90 Å². The van der Waals surface area contributed by atoms with Crippen molar-refractivity contribution in [3.63, 3.8) is 0 Å². The van der Waals surface area contributed by atoms with Crippen molar-refractivity contribution in [1.82, 2.24) is 0 Å². The van der Waals surface area contributed by atoms with Crippen LogP contribution in [0.1, 0.15) is 27.2 Å². The summed E-state index contributed by atoms with van der Waals surface area (Å²) in [4.78, 5) is 11.3. The first-order valence-corrected chi connectivity index (χ1v) is 5.92. The van der Waals surface area contributed by atoms with E-state index in [1.807, 2.05) is 20.8 Å². The molecule has 1 saturated heterocycles. The van der Waals surface area contributed by atoms with Crippen molar-refractivity contribution in [3.05, 3.63) is 0 Å². The van der Waals surface area contributed by atoms with Crippen molar-refractivity contribution >= 4 is 17.5 Å². The number of ketones is 1. The van der Waals surface area contributed by atoms with Crippen LogP contribution in [0.4, 0.5) is 0 Å². The molecule has 2 unspecified atom stereocenters. The van der Waals surface area contributed by atoms with Crippen molar-refractivity contribution in [2.45, 2.75) is 32.8 Å². The molecule has 1 rings (SSSR count). The highest BCUT2D eigenvalue weighted by atomic mass is 32.2. The summed E-state index contributed by atoms with van der Waals surface area (Å²) in [5.41, 5.74) is -0.689. The molecule has 1 heterocycles. The molecular formula is C10H18O2S. The average molecular weight is 202 g/mol. The normalized spacial score (nSPS) is 28.1. The van der Waals surface area contributed by atoms with Crippen LogP contribution in [0.2, 0.25) is 0 Å². The van der Waals surface area contributed by atoms with Gasteiger partial charge in [0, 0.05) is 11.7 Å². The van der Waals surface area contributed by atoms with E-state index >= 15 is 0 Å². The van der Waals surface area contributed by atoms with Gasteiger partial charge in [-0.3, -0.25) is 4.79 Å². The lowest BCUT2D eigenvalue weighted by Gasteiger charge is -2.29. The Hall–Kier alpha value is -0.0200. The first-order valence-electron chi connectivity index (χ1n) is 4.76. The fourth-order valence-corrected chi connectivity index (χ4v) is 2.56. The van der Waals surface area contributed by atoms with Gasteiger partial charge in [-0.15, -0.1) is 0 Å². The molecule has 0 spiro atoms. The second kappa shape index (κ2) is 4.01. The second-order valence-corrected chi connectivity index (χ2v) is 5.42. The largest absolute Gasteiger partial charge is 0.390 e. The van der Waals surface area contributed by atoms with Gasteiger partial charge in [-0.2, -0.15) is 11.8 Å². The third kappa shape index (κ3) is 2.71. The fourth-order valence-electron chi connectivity index (χ4n) is 1.42. The molecule has 1 N–H and O–H groups in total. The molecule has 0 aliphatic carbocycles. The minimum absolute atomic E-state index is 0.0856. The van der Waals surface area contributed by atoms with Crippen molar-refractivity contribution < 1.29 is 9.90 Å². The number of carbonyl (C=O) groups excluding carboxylic acids is 1. The fraction of sp³-hybridized carbons (Fsp3) is 0.900. The van der Waals surface area contributed by atoms with Crippen LogP contribution >= 0.6 is 11.8 Å². The Labute approximate surface area is 84.1 Å². The zero-order valence-electron chi connectivity index (χ0n) is 8.54. The number of aliphatic hydroxyl groups is 1. The summed E-state index contributed by atoms with van der Waals surface area (Å²) >= 11 is 1.68. The van der Waals surface area contributed by atoms with E-state index in [4.69, 9.17) is 0 Å². The molecule has 2 nitrogen and oxygen atoms in total. The molecule has 2 atom stereocenters. The summed E-state index contributed by atoms with van der Waals surface area (Å²) in [5, 5.41) is 10.0. The smallest absolute Gasteiger partial charge is 0.146 e. The predicted octanol–water partition coefficient (Wildman–Crippen LogP) is 1.72. The van der Waals surface area contributed by atoms with Gasteiger partial charge in [0.05, 0.1) is 11.4 Å². The lowest BCUT2D eigenvalue weighted by Crippen LogP contribution is -2.35. The van der Waals surface area contributed by atoms with Gasteiger partial charge in [0.15, 0.2) is 0 Å². The molecule has 0 aromatic carbocycles. The first-order chi connectivity index (χ1) is 5.93. The van der Waals surface area contributed by atoms with Gasteiger partial charge in [0.1, 0.15) is 5.78 Å². The van der Waals surface area contributed by atoms with E-state index < -0.39 is 5.60 Å². The SMILES string of the molecule is CC(C)C(C)(O)CC1CSCC1=O. The summed E-state index contributed by atoms with van der Waals surface area (Å²) in [7, 11) is 0. The number of thioether (sulfide) groups is 1. The summed E-state index contributed by atoms with van der Waals surface area (Å²) in [5.74, 6) is 2.14. The maximum atomic E-state index is 11.3. The van der Waals surface area contributed by atoms with E-state index in [2.05, 4.69) is 0 Å². The Kier molecular flexibility index (Phi) is 3.41. The first kappa shape index (κ1) is 11.1. The van der Waals surface area contributed by atoms with Crippen molar-refractivity contribution in [1.29, 1.82) is 0 Å². The number of carbonyl (C=O) groups is 1. The molecular weight excluding hydrogens is 184 g/mol. The van der Waals surface area contributed by atoms with Gasteiger partial charge >= 0.3 is 0 Å². The molecule has 0 aromatic rings. The lowest BCUT2D eigenvalue weighted by molar-refractivity contribution is -0.121. The Bertz CT molecular complexity index is 199. The van der Waals surface area contributed by atoms with Crippen LogP contribution in [0.3, 0.4) is 0 Å². The summed E-state index contributed by atoms with van der Waals surface area (Å²) in [6, 6.07) is 0. The highest BCUT2D eigenvalue weighted by Gasteiger charge is 2.34. The molecule has 1 fully saturated rings. The minimum atomic E-state index is -0.689. The Balaban J connectivity index is 2.52. The maximum Gasteiger partial charge on any atom is 0.146 e. The molecule has 3 heteroatoms. The van der Waals surface area contributed by atoms with Crippen molar-refractivity contribution in [3.8, 4) is 0 Å².